The second kappa shape index (κ2) is 6.90. The van der Waals surface area contributed by atoms with Crippen LogP contribution < -0.4 is 10.1 Å². The maximum absolute atomic E-state index is 12.4. The van der Waals surface area contributed by atoms with Crippen LogP contribution in [0.25, 0.3) is 0 Å². The van der Waals surface area contributed by atoms with Gasteiger partial charge in [0, 0.05) is 11.1 Å². The Bertz CT molecular complexity index is 592. The molecule has 3 nitrogen and oxygen atoms in total. The number of fused-ring (bicyclic) bond motifs is 2. The Balaban J connectivity index is 1.55. The topological polar surface area (TPSA) is 38.3 Å². The fourth-order valence-electron chi connectivity index (χ4n) is 4.17. The summed E-state index contributed by atoms with van der Waals surface area (Å²) in [4.78, 5) is 12.4. The van der Waals surface area contributed by atoms with Crippen LogP contribution >= 0.6 is 23.2 Å². The minimum absolute atomic E-state index is 0.0914. The van der Waals surface area contributed by atoms with Gasteiger partial charge in [0.15, 0.2) is 6.10 Å². The van der Waals surface area contributed by atoms with Gasteiger partial charge < -0.3 is 10.1 Å². The second-order valence-corrected chi connectivity index (χ2v) is 7.81. The first kappa shape index (κ1) is 16.9. The molecule has 2 aliphatic rings. The monoisotopic (exact) mass is 355 g/mol. The number of ether oxygens (including phenoxy) is 1. The molecule has 0 aromatic heterocycles. The average Bonchev–Trinajstić information content (AvgIpc) is 3.12. The van der Waals surface area contributed by atoms with Gasteiger partial charge in [-0.15, -0.1) is 0 Å². The van der Waals surface area contributed by atoms with Crippen molar-refractivity contribution < 1.29 is 9.53 Å². The van der Waals surface area contributed by atoms with E-state index in [1.165, 1.54) is 25.7 Å². The van der Waals surface area contributed by atoms with E-state index < -0.39 is 6.10 Å². The maximum Gasteiger partial charge on any atom is 0.260 e. The third-order valence-electron chi connectivity index (χ3n) is 5.37. The third-order valence-corrected chi connectivity index (χ3v) is 5.90. The summed E-state index contributed by atoms with van der Waals surface area (Å²) in [5, 5.41) is 4.09. The van der Waals surface area contributed by atoms with Crippen LogP contribution in [0.2, 0.25) is 10.0 Å². The highest BCUT2D eigenvalue weighted by molar-refractivity contribution is 6.35. The van der Waals surface area contributed by atoms with Crippen LogP contribution in [0.3, 0.4) is 0 Å². The molecule has 23 heavy (non-hydrogen) atoms. The molecule has 0 saturated heterocycles. The van der Waals surface area contributed by atoms with E-state index in [-0.39, 0.29) is 11.9 Å². The molecule has 1 amide bonds. The molecule has 0 spiro atoms. The normalized spacial score (nSPS) is 28.4. The van der Waals surface area contributed by atoms with E-state index in [9.17, 15) is 4.79 Å². The van der Waals surface area contributed by atoms with E-state index >= 15 is 0 Å². The summed E-state index contributed by atoms with van der Waals surface area (Å²) in [5.41, 5.74) is 0. The summed E-state index contributed by atoms with van der Waals surface area (Å²) in [6.45, 7) is 3.86. The highest BCUT2D eigenvalue weighted by atomic mass is 35.5. The number of carbonyl (C=O) groups is 1. The van der Waals surface area contributed by atoms with Crippen LogP contribution in [0, 0.1) is 17.8 Å². The quantitative estimate of drug-likeness (QED) is 0.830. The molecular formula is C18H23Cl2NO2. The van der Waals surface area contributed by atoms with Gasteiger partial charge in [0.05, 0.1) is 5.02 Å². The Morgan fingerprint density at radius 3 is 2.65 bits per heavy atom. The Morgan fingerprint density at radius 1 is 1.26 bits per heavy atom. The summed E-state index contributed by atoms with van der Waals surface area (Å²) < 4.78 is 5.68. The Morgan fingerprint density at radius 2 is 2.04 bits per heavy atom. The number of carbonyl (C=O) groups excluding carboxylic acids is 1. The van der Waals surface area contributed by atoms with E-state index in [2.05, 4.69) is 12.2 Å². The van der Waals surface area contributed by atoms with Crippen molar-refractivity contribution in [1.82, 2.24) is 5.32 Å². The molecule has 0 heterocycles. The van der Waals surface area contributed by atoms with E-state index in [0.717, 1.165) is 11.8 Å². The number of amides is 1. The smallest absolute Gasteiger partial charge is 0.260 e. The van der Waals surface area contributed by atoms with Crippen LogP contribution in [0.15, 0.2) is 18.2 Å². The number of hydrogen-bond donors (Lipinski definition) is 1. The lowest BCUT2D eigenvalue weighted by molar-refractivity contribution is -0.128. The van der Waals surface area contributed by atoms with E-state index in [4.69, 9.17) is 27.9 Å². The number of nitrogens with one attached hydrogen (secondary N) is 1. The molecule has 5 atom stereocenters. The van der Waals surface area contributed by atoms with Crippen molar-refractivity contribution in [3.05, 3.63) is 28.2 Å². The summed E-state index contributed by atoms with van der Waals surface area (Å²) in [5.74, 6) is 2.67. The Labute approximate surface area is 147 Å². The summed E-state index contributed by atoms with van der Waals surface area (Å²) in [6, 6.07) is 5.20. The van der Waals surface area contributed by atoms with Crippen molar-refractivity contribution in [3.63, 3.8) is 0 Å². The number of rotatable bonds is 5. The van der Waals surface area contributed by atoms with Crippen LogP contribution in [-0.4, -0.2) is 18.1 Å². The van der Waals surface area contributed by atoms with Gasteiger partial charge in [-0.2, -0.15) is 0 Å². The van der Waals surface area contributed by atoms with E-state index in [1.54, 1.807) is 25.1 Å². The van der Waals surface area contributed by atoms with Gasteiger partial charge in [-0.1, -0.05) is 29.6 Å². The fourth-order valence-corrected chi connectivity index (χ4v) is 4.62. The third kappa shape index (κ3) is 3.77. The zero-order valence-corrected chi connectivity index (χ0v) is 15.0. The first-order valence-corrected chi connectivity index (χ1v) is 9.11. The fraction of sp³-hybridized carbons (Fsp3) is 0.611. The minimum atomic E-state index is -0.588. The summed E-state index contributed by atoms with van der Waals surface area (Å²) in [7, 11) is 0. The molecule has 0 unspecified atom stereocenters. The highest BCUT2D eigenvalue weighted by Gasteiger charge is 2.42. The van der Waals surface area contributed by atoms with Gasteiger partial charge in [-0.25, -0.2) is 0 Å². The SMILES string of the molecule is C[C@H](Oc1ccc(Cl)cc1Cl)C(=O)N[C@@H](C)[C@@H]1C[C@H]2CC[C@H]1C2. The minimum Gasteiger partial charge on any atom is -0.479 e. The molecule has 126 valence electrons. The number of hydrogen-bond acceptors (Lipinski definition) is 2. The van der Waals surface area contributed by atoms with Crippen molar-refractivity contribution in [2.75, 3.05) is 0 Å². The number of halogens is 2. The Hall–Kier alpha value is -0.930. The molecule has 2 fully saturated rings. The first-order chi connectivity index (χ1) is 10.9. The maximum atomic E-state index is 12.4. The van der Waals surface area contributed by atoms with E-state index in [1.807, 2.05) is 0 Å². The van der Waals surface area contributed by atoms with Crippen LogP contribution in [0.1, 0.15) is 39.5 Å². The molecule has 0 radical (unpaired) electrons. The molecule has 5 heteroatoms. The van der Waals surface area contributed by atoms with Crippen molar-refractivity contribution in [2.45, 2.75) is 51.7 Å². The van der Waals surface area contributed by atoms with Crippen LogP contribution in [0.4, 0.5) is 0 Å². The molecule has 1 aromatic carbocycles. The largest absolute Gasteiger partial charge is 0.479 e. The van der Waals surface area contributed by atoms with Gasteiger partial charge in [0.2, 0.25) is 0 Å². The zero-order chi connectivity index (χ0) is 16.6. The van der Waals surface area contributed by atoms with Gasteiger partial charge in [-0.05, 0) is 69.1 Å². The average molecular weight is 356 g/mol. The molecule has 1 aromatic rings. The van der Waals surface area contributed by atoms with Gasteiger partial charge in [0.1, 0.15) is 5.75 Å². The molecule has 1 N–H and O–H groups in total. The molecule has 2 aliphatic carbocycles. The Kier molecular flexibility index (Phi) is 5.07. The number of benzene rings is 1. The van der Waals surface area contributed by atoms with Crippen molar-refractivity contribution in [3.8, 4) is 5.75 Å². The zero-order valence-electron chi connectivity index (χ0n) is 13.5. The van der Waals surface area contributed by atoms with Gasteiger partial charge >= 0.3 is 0 Å². The molecule has 3 rings (SSSR count). The lowest BCUT2D eigenvalue weighted by Gasteiger charge is -2.29. The second-order valence-electron chi connectivity index (χ2n) is 6.97. The predicted octanol–water partition coefficient (Wildman–Crippen LogP) is 4.70. The van der Waals surface area contributed by atoms with Crippen molar-refractivity contribution >= 4 is 29.1 Å². The van der Waals surface area contributed by atoms with Gasteiger partial charge in [0.25, 0.3) is 5.91 Å². The van der Waals surface area contributed by atoms with Crippen molar-refractivity contribution in [1.29, 1.82) is 0 Å². The standard InChI is InChI=1S/C18H23Cl2NO2/c1-10(15-8-12-3-4-13(15)7-12)21-18(22)11(2)23-17-6-5-14(19)9-16(17)20/h5-6,9-13,15H,3-4,7-8H2,1-2H3,(H,21,22)/t10-,11-,12-,13-,15-/m0/s1. The summed E-state index contributed by atoms with van der Waals surface area (Å²) in [6.07, 6.45) is 4.70. The van der Waals surface area contributed by atoms with E-state index in [0.29, 0.717) is 21.7 Å². The first-order valence-electron chi connectivity index (χ1n) is 8.36. The molecule has 2 bridgehead atoms. The molecule has 2 saturated carbocycles. The molecular weight excluding hydrogens is 333 g/mol. The molecule has 0 aliphatic heterocycles. The lowest BCUT2D eigenvalue weighted by atomic mass is 9.84. The van der Waals surface area contributed by atoms with Crippen molar-refractivity contribution in [2.24, 2.45) is 17.8 Å². The summed E-state index contributed by atoms with van der Waals surface area (Å²) >= 11 is 12.0. The van der Waals surface area contributed by atoms with Crippen LogP contribution in [-0.2, 0) is 4.79 Å². The predicted molar refractivity (Wildman–Crippen MR) is 93.1 cm³/mol. The van der Waals surface area contributed by atoms with Crippen LogP contribution in [0.5, 0.6) is 5.75 Å². The van der Waals surface area contributed by atoms with Gasteiger partial charge in [-0.3, -0.25) is 4.79 Å². The highest BCUT2D eigenvalue weighted by Crippen LogP contribution is 2.49. The lowest BCUT2D eigenvalue weighted by Crippen LogP contribution is -2.45.